The van der Waals surface area contributed by atoms with Crippen molar-refractivity contribution in [3.05, 3.63) is 59.7 Å². The van der Waals surface area contributed by atoms with Crippen molar-refractivity contribution in [3.63, 3.8) is 0 Å². The van der Waals surface area contributed by atoms with Crippen LogP contribution in [0.2, 0.25) is 0 Å². The van der Waals surface area contributed by atoms with E-state index in [0.29, 0.717) is 11.9 Å². The summed E-state index contributed by atoms with van der Waals surface area (Å²) in [4.78, 5) is 14.3. The van der Waals surface area contributed by atoms with Crippen molar-refractivity contribution in [2.24, 2.45) is 7.05 Å². The molecule has 0 bridgehead atoms. The summed E-state index contributed by atoms with van der Waals surface area (Å²) in [6, 6.07) is 12.6. The lowest BCUT2D eigenvalue weighted by molar-refractivity contribution is 0.437. The largest absolute Gasteiger partial charge is 0.345 e. The number of aromatic nitrogens is 4. The van der Waals surface area contributed by atoms with Gasteiger partial charge in [0.1, 0.15) is 5.82 Å². The smallest absolute Gasteiger partial charge is 0.223 e. The second kappa shape index (κ2) is 7.26. The van der Waals surface area contributed by atoms with Gasteiger partial charge in [-0.15, -0.1) is 0 Å². The molecule has 0 radical (unpaired) electrons. The fourth-order valence-corrected chi connectivity index (χ4v) is 4.59. The molecule has 0 amide bonds. The normalized spacial score (nSPS) is 18.6. The molecule has 1 saturated heterocycles. The molecule has 3 aromatic rings. The highest BCUT2D eigenvalue weighted by Gasteiger charge is 2.44. The highest BCUT2D eigenvalue weighted by Crippen LogP contribution is 2.47. The van der Waals surface area contributed by atoms with Crippen molar-refractivity contribution < 1.29 is 0 Å². The first-order chi connectivity index (χ1) is 14.2. The molecule has 1 aromatic carbocycles. The van der Waals surface area contributed by atoms with E-state index in [1.807, 2.05) is 12.3 Å². The number of aryl methyl sites for hydroxylation is 1. The lowest BCUT2D eigenvalue weighted by Gasteiger charge is -2.22. The molecule has 1 saturated carbocycles. The van der Waals surface area contributed by atoms with Crippen LogP contribution < -0.4 is 10.6 Å². The molecule has 2 aliphatic rings. The summed E-state index contributed by atoms with van der Waals surface area (Å²) in [6.07, 6.45) is 6.34. The summed E-state index contributed by atoms with van der Waals surface area (Å²) < 4.78 is 2.24. The van der Waals surface area contributed by atoms with E-state index in [4.69, 9.17) is 9.97 Å². The maximum atomic E-state index is 4.93. The zero-order valence-electron chi connectivity index (χ0n) is 17.2. The van der Waals surface area contributed by atoms with Gasteiger partial charge in [-0.3, -0.25) is 0 Å². The molecule has 0 unspecified atom stereocenters. The first-order valence-corrected chi connectivity index (χ1v) is 10.6. The molecule has 2 fully saturated rings. The Morgan fingerprint density at radius 2 is 1.83 bits per heavy atom. The zero-order valence-corrected chi connectivity index (χ0v) is 17.2. The van der Waals surface area contributed by atoms with Gasteiger partial charge in [-0.1, -0.05) is 30.3 Å². The van der Waals surface area contributed by atoms with Crippen LogP contribution in [0.3, 0.4) is 0 Å². The van der Waals surface area contributed by atoms with Gasteiger partial charge in [-0.05, 0) is 57.3 Å². The Bertz CT molecular complexity index is 999. The molecule has 5 rings (SSSR count). The lowest BCUT2D eigenvalue weighted by Crippen LogP contribution is -2.27. The number of nitrogens with zero attached hydrogens (tertiary/aromatic N) is 4. The van der Waals surface area contributed by atoms with Gasteiger partial charge < -0.3 is 15.2 Å². The van der Waals surface area contributed by atoms with Crippen molar-refractivity contribution in [3.8, 4) is 11.4 Å². The molecular weight excluding hydrogens is 360 g/mol. The highest BCUT2D eigenvalue weighted by molar-refractivity contribution is 5.60. The SMILES string of the molecule is Cc1nc(C2CCNCC2)n(C)c1-c1ccnc(NC2(c3ccccc3)CC2)n1. The average Bonchev–Trinajstić information content (AvgIpc) is 3.47. The first kappa shape index (κ1) is 18.3. The van der Waals surface area contributed by atoms with Crippen LogP contribution in [0, 0.1) is 6.92 Å². The fraction of sp³-hybridized carbons (Fsp3) is 0.435. The van der Waals surface area contributed by atoms with Gasteiger partial charge in [0.25, 0.3) is 0 Å². The number of anilines is 1. The quantitative estimate of drug-likeness (QED) is 0.697. The molecule has 2 N–H and O–H groups in total. The summed E-state index contributed by atoms with van der Waals surface area (Å²) in [7, 11) is 2.12. The van der Waals surface area contributed by atoms with Crippen LogP contribution in [0.5, 0.6) is 0 Å². The highest BCUT2D eigenvalue weighted by atomic mass is 15.2. The third-order valence-corrected chi connectivity index (χ3v) is 6.33. The Morgan fingerprint density at radius 1 is 1.07 bits per heavy atom. The van der Waals surface area contributed by atoms with Crippen LogP contribution in [0.4, 0.5) is 5.95 Å². The second-order valence-corrected chi connectivity index (χ2v) is 8.33. The minimum absolute atomic E-state index is 0.0261. The van der Waals surface area contributed by atoms with Crippen molar-refractivity contribution in [1.82, 2.24) is 24.8 Å². The third-order valence-electron chi connectivity index (χ3n) is 6.33. The summed E-state index contributed by atoms with van der Waals surface area (Å²) in [6.45, 7) is 4.21. The Kier molecular flexibility index (Phi) is 4.59. The van der Waals surface area contributed by atoms with E-state index in [2.05, 4.69) is 64.5 Å². The number of piperidine rings is 1. The number of nitrogens with one attached hydrogen (secondary N) is 2. The minimum atomic E-state index is -0.0261. The topological polar surface area (TPSA) is 67.7 Å². The second-order valence-electron chi connectivity index (χ2n) is 8.33. The van der Waals surface area contributed by atoms with E-state index in [1.165, 1.54) is 11.4 Å². The average molecular weight is 389 g/mol. The van der Waals surface area contributed by atoms with Crippen molar-refractivity contribution in [2.75, 3.05) is 18.4 Å². The molecule has 2 aromatic heterocycles. The van der Waals surface area contributed by atoms with Gasteiger partial charge in [0.2, 0.25) is 5.95 Å². The Morgan fingerprint density at radius 3 is 2.55 bits per heavy atom. The number of imidazole rings is 1. The fourth-order valence-electron chi connectivity index (χ4n) is 4.59. The summed E-state index contributed by atoms with van der Waals surface area (Å²) >= 11 is 0. The van der Waals surface area contributed by atoms with Gasteiger partial charge in [-0.25, -0.2) is 15.0 Å². The molecule has 29 heavy (non-hydrogen) atoms. The van der Waals surface area contributed by atoms with Gasteiger partial charge >= 0.3 is 0 Å². The predicted octanol–water partition coefficient (Wildman–Crippen LogP) is 3.75. The minimum Gasteiger partial charge on any atom is -0.345 e. The Labute approximate surface area is 171 Å². The van der Waals surface area contributed by atoms with E-state index in [0.717, 1.165) is 55.9 Å². The van der Waals surface area contributed by atoms with Crippen LogP contribution in [0.1, 0.15) is 48.7 Å². The maximum Gasteiger partial charge on any atom is 0.223 e. The molecule has 0 spiro atoms. The summed E-state index contributed by atoms with van der Waals surface area (Å²) in [5, 5.41) is 7.04. The molecule has 0 atom stereocenters. The van der Waals surface area contributed by atoms with Crippen LogP contribution in [-0.2, 0) is 12.6 Å². The standard InChI is InChI=1S/C23H28N6/c1-16-20(29(2)21(26-16)17-8-13-24-14-9-17)19-10-15-25-22(27-19)28-23(11-12-23)18-6-4-3-5-7-18/h3-7,10,15,17,24H,8-9,11-14H2,1-2H3,(H,25,27,28). The Balaban J connectivity index is 1.44. The number of benzene rings is 1. The van der Waals surface area contributed by atoms with Gasteiger partial charge in [0.05, 0.1) is 22.6 Å². The van der Waals surface area contributed by atoms with Crippen molar-refractivity contribution in [2.45, 2.75) is 44.1 Å². The van der Waals surface area contributed by atoms with Gasteiger partial charge in [0.15, 0.2) is 0 Å². The van der Waals surface area contributed by atoms with Crippen molar-refractivity contribution in [1.29, 1.82) is 0 Å². The van der Waals surface area contributed by atoms with E-state index in [9.17, 15) is 0 Å². The third kappa shape index (κ3) is 3.42. The monoisotopic (exact) mass is 388 g/mol. The van der Waals surface area contributed by atoms with E-state index in [1.54, 1.807) is 0 Å². The zero-order chi connectivity index (χ0) is 19.8. The molecule has 6 nitrogen and oxygen atoms in total. The molecule has 3 heterocycles. The molecule has 1 aliphatic heterocycles. The first-order valence-electron chi connectivity index (χ1n) is 10.6. The van der Waals surface area contributed by atoms with Crippen LogP contribution >= 0.6 is 0 Å². The van der Waals surface area contributed by atoms with Crippen molar-refractivity contribution >= 4 is 5.95 Å². The molecule has 1 aliphatic carbocycles. The van der Waals surface area contributed by atoms with Crippen LogP contribution in [0.15, 0.2) is 42.6 Å². The van der Waals surface area contributed by atoms with E-state index in [-0.39, 0.29) is 5.54 Å². The number of rotatable bonds is 5. The Hall–Kier alpha value is -2.73. The molecule has 150 valence electrons. The maximum absolute atomic E-state index is 4.93. The van der Waals surface area contributed by atoms with Gasteiger partial charge in [-0.2, -0.15) is 0 Å². The lowest BCUT2D eigenvalue weighted by atomic mass is 9.97. The van der Waals surface area contributed by atoms with E-state index < -0.39 is 0 Å². The van der Waals surface area contributed by atoms with Gasteiger partial charge in [0, 0.05) is 19.2 Å². The molecule has 6 heteroatoms. The summed E-state index contributed by atoms with van der Waals surface area (Å²) in [5.41, 5.74) is 4.34. The van der Waals surface area contributed by atoms with Crippen LogP contribution in [0.25, 0.3) is 11.4 Å². The predicted molar refractivity (Wildman–Crippen MR) is 115 cm³/mol. The molecular formula is C23H28N6. The summed E-state index contributed by atoms with van der Waals surface area (Å²) in [5.74, 6) is 2.38. The number of hydrogen-bond acceptors (Lipinski definition) is 5. The van der Waals surface area contributed by atoms with E-state index >= 15 is 0 Å². The van der Waals surface area contributed by atoms with Crippen LogP contribution in [-0.4, -0.2) is 32.6 Å². The number of hydrogen-bond donors (Lipinski definition) is 2.